The summed E-state index contributed by atoms with van der Waals surface area (Å²) in [5.74, 6) is 0. The summed E-state index contributed by atoms with van der Waals surface area (Å²) in [5.41, 5.74) is 1.11. The van der Waals surface area contributed by atoms with Gasteiger partial charge in [0.2, 0.25) is 5.69 Å². The van der Waals surface area contributed by atoms with E-state index in [4.69, 9.17) is 0 Å². The Kier molecular flexibility index (Phi) is 4.76. The van der Waals surface area contributed by atoms with E-state index < -0.39 is 7.05 Å². The minimum absolute atomic E-state index is 0.104. The van der Waals surface area contributed by atoms with Crippen molar-refractivity contribution in [2.45, 2.75) is 0 Å². The molecule has 0 radical (unpaired) electrons. The first-order chi connectivity index (χ1) is 11.3. The largest absolute Gasteiger partial charge is 0.385 e. The van der Waals surface area contributed by atoms with Gasteiger partial charge in [-0.1, -0.05) is 54.6 Å². The fourth-order valence-corrected chi connectivity index (χ4v) is 6.31. The van der Waals surface area contributed by atoms with Gasteiger partial charge in [0.25, 0.3) is 0 Å². The maximum atomic E-state index is 10.5. The van der Waals surface area contributed by atoms with E-state index in [9.17, 15) is 5.11 Å². The maximum Gasteiger partial charge on any atom is 0.200 e. The summed E-state index contributed by atoms with van der Waals surface area (Å²) >= 11 is 0. The van der Waals surface area contributed by atoms with Crippen LogP contribution in [0.5, 0.6) is 0 Å². The monoisotopic (exact) mass is 322 g/mol. The lowest BCUT2D eigenvalue weighted by Crippen LogP contribution is -2.24. The third kappa shape index (κ3) is 2.88. The molecule has 2 nitrogen and oxygen atoms in total. The van der Waals surface area contributed by atoms with E-state index in [1.54, 1.807) is 0 Å². The second-order valence-electron chi connectivity index (χ2n) is 5.44. The predicted molar refractivity (Wildman–Crippen MR) is 98.4 cm³/mol. The van der Waals surface area contributed by atoms with Crippen molar-refractivity contribution in [1.82, 2.24) is 0 Å². The molecule has 0 bridgehead atoms. The van der Waals surface area contributed by atoms with Crippen LogP contribution in [0.3, 0.4) is 0 Å². The van der Waals surface area contributed by atoms with E-state index >= 15 is 0 Å². The highest BCUT2D eigenvalue weighted by Gasteiger charge is 2.33. The Labute approximate surface area is 137 Å². The molecule has 0 aliphatic rings. The molecule has 0 unspecified atom stereocenters. The van der Waals surface area contributed by atoms with Crippen LogP contribution in [-0.2, 0) is 0 Å². The van der Waals surface area contributed by atoms with Crippen molar-refractivity contribution in [3.05, 3.63) is 91.0 Å². The zero-order chi connectivity index (χ0) is 16.1. The lowest BCUT2D eigenvalue weighted by atomic mass is 10.3. The van der Waals surface area contributed by atoms with Gasteiger partial charge < -0.3 is 5.11 Å². The molecule has 0 fully saturated rings. The topological polar surface area (TPSA) is 23.2 Å². The molecule has 116 valence electrons. The second kappa shape index (κ2) is 6.95. The molecule has 0 saturated heterocycles. The Hall–Kier alpha value is -2.15. The molecule has 0 saturated carbocycles. The van der Waals surface area contributed by atoms with Crippen LogP contribution in [0.2, 0.25) is 0 Å². The van der Waals surface area contributed by atoms with E-state index in [1.807, 2.05) is 54.6 Å². The van der Waals surface area contributed by atoms with Crippen molar-refractivity contribution in [3.63, 3.8) is 0 Å². The number of hydrogen-bond acceptors (Lipinski definition) is 1. The van der Waals surface area contributed by atoms with Crippen molar-refractivity contribution in [2.24, 2.45) is 0 Å². The van der Waals surface area contributed by atoms with Crippen molar-refractivity contribution >= 4 is 23.4 Å². The molecule has 3 rings (SSSR count). The minimum atomic E-state index is -2.11. The molecule has 0 aromatic heterocycles. The van der Waals surface area contributed by atoms with Crippen LogP contribution in [0, 0.1) is 0 Å². The number of aliphatic hydroxyl groups excluding tert-OH is 1. The summed E-state index contributed by atoms with van der Waals surface area (Å²) in [6.45, 7) is 0. The molecule has 0 heterocycles. The van der Waals surface area contributed by atoms with Gasteiger partial charge in [-0.3, -0.25) is 0 Å². The molecule has 3 aromatic carbocycles. The molecule has 0 aliphatic carbocycles. The predicted octanol–water partition coefficient (Wildman–Crippen LogP) is 3.76. The molecule has 0 amide bonds. The van der Waals surface area contributed by atoms with Gasteiger partial charge >= 0.3 is 0 Å². The van der Waals surface area contributed by atoms with Crippen molar-refractivity contribution < 1.29 is 9.43 Å². The van der Waals surface area contributed by atoms with Crippen LogP contribution in [0.4, 0.5) is 5.69 Å². The molecule has 3 aromatic rings. The summed E-state index contributed by atoms with van der Waals surface area (Å²) in [6.07, 6.45) is 0.104. The molecule has 23 heavy (non-hydrogen) atoms. The number of rotatable bonds is 4. The Bertz CT molecular complexity index is 771. The first-order valence-electron chi connectivity index (χ1n) is 7.68. The average molecular weight is 322 g/mol. The molecular formula is C20H21NOP+. The van der Waals surface area contributed by atoms with Crippen LogP contribution in [0.1, 0.15) is 0 Å². The summed E-state index contributed by atoms with van der Waals surface area (Å²) in [6, 6.07) is 31.0. The number of benzene rings is 3. The quantitative estimate of drug-likeness (QED) is 0.726. The second-order valence-corrected chi connectivity index (χ2v) is 8.90. The van der Waals surface area contributed by atoms with Crippen molar-refractivity contribution in [3.8, 4) is 0 Å². The standard InChI is InChI=1S/C20H21NOP/c1-21(18-11-5-2-6-12-18)23(17-22,19-13-7-3-8-14-19)20-15-9-4-10-16-20/h2-16,22H,17H2,1H3/q+1. The smallest absolute Gasteiger partial charge is 0.200 e. The molecule has 0 aliphatic heterocycles. The molecule has 3 heteroatoms. The van der Waals surface area contributed by atoms with Crippen molar-refractivity contribution in [2.75, 3.05) is 13.4 Å². The number of aliphatic hydroxyl groups is 1. The average Bonchev–Trinajstić information content (AvgIpc) is 2.65. The van der Waals surface area contributed by atoms with Crippen LogP contribution in [0.15, 0.2) is 91.0 Å². The van der Waals surface area contributed by atoms with Crippen LogP contribution < -0.4 is 10.6 Å². The van der Waals surface area contributed by atoms with E-state index in [0.29, 0.717) is 0 Å². The Morgan fingerprint density at radius 2 is 1.09 bits per heavy atom. The van der Waals surface area contributed by atoms with Gasteiger partial charge in [0.1, 0.15) is 13.4 Å². The first-order valence-corrected chi connectivity index (χ1v) is 9.61. The summed E-state index contributed by atoms with van der Waals surface area (Å²) in [4.78, 5) is 0. The fourth-order valence-electron chi connectivity index (χ4n) is 2.94. The summed E-state index contributed by atoms with van der Waals surface area (Å²) < 4.78 is 2.26. The Morgan fingerprint density at radius 3 is 1.48 bits per heavy atom. The summed E-state index contributed by atoms with van der Waals surface area (Å²) in [5, 5.41) is 12.9. The third-order valence-electron chi connectivity index (χ3n) is 4.21. The van der Waals surface area contributed by atoms with Gasteiger partial charge in [-0.25, -0.2) is 4.33 Å². The zero-order valence-electron chi connectivity index (χ0n) is 13.2. The minimum Gasteiger partial charge on any atom is -0.385 e. The molecule has 0 atom stereocenters. The van der Waals surface area contributed by atoms with Gasteiger partial charge in [-0.2, -0.15) is 0 Å². The Balaban J connectivity index is 2.39. The molecule has 0 spiro atoms. The number of para-hydroxylation sites is 1. The van der Waals surface area contributed by atoms with Gasteiger partial charge in [0, 0.05) is 22.7 Å². The maximum absolute atomic E-state index is 10.5. The van der Waals surface area contributed by atoms with Gasteiger partial charge in [-0.15, -0.1) is 0 Å². The van der Waals surface area contributed by atoms with E-state index in [2.05, 4.69) is 47.8 Å². The van der Waals surface area contributed by atoms with E-state index in [0.717, 1.165) is 5.69 Å². The molecule has 1 N–H and O–H groups in total. The lowest BCUT2D eigenvalue weighted by molar-refractivity contribution is -0.382. The highest BCUT2D eigenvalue weighted by Crippen LogP contribution is 2.47. The van der Waals surface area contributed by atoms with Crippen molar-refractivity contribution in [1.29, 1.82) is 0 Å². The zero-order valence-corrected chi connectivity index (χ0v) is 14.1. The van der Waals surface area contributed by atoms with Crippen LogP contribution >= 0.6 is 7.05 Å². The van der Waals surface area contributed by atoms with E-state index in [1.165, 1.54) is 10.6 Å². The molecular weight excluding hydrogens is 301 g/mol. The Morgan fingerprint density at radius 1 is 0.696 bits per heavy atom. The number of nitrogens with zero attached hydrogens (tertiary/aromatic N) is 1. The van der Waals surface area contributed by atoms with Gasteiger partial charge in [-0.05, 0) is 24.3 Å². The summed E-state index contributed by atoms with van der Waals surface area (Å²) in [7, 11) is -0.0232. The van der Waals surface area contributed by atoms with Crippen LogP contribution in [0.25, 0.3) is 0 Å². The van der Waals surface area contributed by atoms with Crippen LogP contribution in [-0.4, -0.2) is 22.8 Å². The van der Waals surface area contributed by atoms with Gasteiger partial charge in [0.15, 0.2) is 7.05 Å². The first kappa shape index (κ1) is 15.7. The van der Waals surface area contributed by atoms with E-state index in [-0.39, 0.29) is 6.35 Å². The highest BCUT2D eigenvalue weighted by atomic mass is 31.2. The lowest BCUT2D eigenvalue weighted by Gasteiger charge is -2.22. The van der Waals surface area contributed by atoms with Gasteiger partial charge in [0.05, 0.1) is 0 Å². The SMILES string of the molecule is C[N+](c1ccccc1)=P(CO)(c1ccccc1)c1ccccc1. The number of hydrogen-bond donors (Lipinski definition) is 1. The normalized spacial score (nSPS) is 11.2. The highest BCUT2D eigenvalue weighted by molar-refractivity contribution is 7.78. The fraction of sp³-hybridized carbons (Fsp3) is 0.100. The third-order valence-corrected chi connectivity index (χ3v) is 8.18.